The topological polar surface area (TPSA) is 78.9 Å². The number of hydrogen-bond acceptors (Lipinski definition) is 6. The molecule has 0 saturated carbocycles. The monoisotopic (exact) mass is 903 g/mol. The Morgan fingerprint density at radius 2 is 0.516 bits per heavy atom. The van der Waals surface area contributed by atoms with Crippen LogP contribution in [0.25, 0.3) is 0 Å². The van der Waals surface area contributed by atoms with Crippen LogP contribution in [-0.4, -0.2) is 37.2 Å². The van der Waals surface area contributed by atoms with Gasteiger partial charge in [0.2, 0.25) is 0 Å². The molecule has 0 aliphatic rings. The average Bonchev–Trinajstić information content (AvgIpc) is 3.29. The van der Waals surface area contributed by atoms with Gasteiger partial charge in [-0.2, -0.15) is 0 Å². The fourth-order valence-electron chi connectivity index (χ4n) is 8.68. The Kier molecular flexibility index (Phi) is 52.2. The molecule has 6 heteroatoms. The molecule has 0 radical (unpaired) electrons. The molecule has 0 saturated heterocycles. The van der Waals surface area contributed by atoms with Crippen molar-refractivity contribution in [3.63, 3.8) is 0 Å². The minimum Gasteiger partial charge on any atom is -0.462 e. The molecule has 0 spiro atoms. The predicted octanol–water partition coefficient (Wildman–Crippen LogP) is 18.9. The molecule has 1 unspecified atom stereocenters. The number of allylic oxidation sites excluding steroid dienone is 2. The molecular formula is C58H110O6. The van der Waals surface area contributed by atoms with Crippen molar-refractivity contribution in [3.05, 3.63) is 12.2 Å². The average molecular weight is 904 g/mol. The van der Waals surface area contributed by atoms with E-state index in [9.17, 15) is 14.4 Å². The first-order valence-electron chi connectivity index (χ1n) is 28.7. The van der Waals surface area contributed by atoms with Gasteiger partial charge in [-0.3, -0.25) is 14.4 Å². The van der Waals surface area contributed by atoms with Crippen molar-refractivity contribution in [1.82, 2.24) is 0 Å². The lowest BCUT2D eigenvalue weighted by Gasteiger charge is -2.18. The van der Waals surface area contributed by atoms with Gasteiger partial charge in [0.1, 0.15) is 13.2 Å². The molecule has 64 heavy (non-hydrogen) atoms. The normalized spacial score (nSPS) is 12.0. The van der Waals surface area contributed by atoms with E-state index in [0.29, 0.717) is 19.3 Å². The molecule has 378 valence electrons. The summed E-state index contributed by atoms with van der Waals surface area (Å²) in [4.78, 5) is 37.8. The second kappa shape index (κ2) is 53.8. The smallest absolute Gasteiger partial charge is 0.306 e. The number of hydrogen-bond donors (Lipinski definition) is 0. The van der Waals surface area contributed by atoms with E-state index in [-0.39, 0.29) is 31.1 Å². The number of carbonyl (C=O) groups excluding carboxylic acids is 3. The van der Waals surface area contributed by atoms with Gasteiger partial charge in [-0.15, -0.1) is 0 Å². The highest BCUT2D eigenvalue weighted by Crippen LogP contribution is 2.17. The molecule has 0 aromatic carbocycles. The number of unbranched alkanes of at least 4 members (excludes halogenated alkanes) is 40. The molecule has 0 aliphatic heterocycles. The molecule has 1 atom stereocenters. The Labute approximate surface area is 399 Å². The van der Waals surface area contributed by atoms with Gasteiger partial charge < -0.3 is 14.2 Å². The van der Waals surface area contributed by atoms with E-state index in [1.165, 1.54) is 218 Å². The van der Waals surface area contributed by atoms with Gasteiger partial charge in [0.25, 0.3) is 0 Å². The van der Waals surface area contributed by atoms with E-state index in [0.717, 1.165) is 64.2 Å². The fourth-order valence-corrected chi connectivity index (χ4v) is 8.68. The molecule has 0 aromatic rings. The number of carbonyl (C=O) groups is 3. The van der Waals surface area contributed by atoms with Crippen LogP contribution in [0.5, 0.6) is 0 Å². The quantitative estimate of drug-likeness (QED) is 0.0262. The number of rotatable bonds is 53. The van der Waals surface area contributed by atoms with E-state index in [2.05, 4.69) is 32.9 Å². The SMILES string of the molecule is CCCCCC/C=C\CCCCCCCC(=O)OC(COC(=O)CCCCCCCC)COC(=O)CCCCCCCCCCCCCCCCCCCCCCCCCCCCC. The molecule has 6 nitrogen and oxygen atoms in total. The molecule has 0 amide bonds. The van der Waals surface area contributed by atoms with E-state index in [4.69, 9.17) is 14.2 Å². The van der Waals surface area contributed by atoms with Crippen molar-refractivity contribution < 1.29 is 28.6 Å². The molecule has 0 rings (SSSR count). The van der Waals surface area contributed by atoms with E-state index in [1.807, 2.05) is 0 Å². The van der Waals surface area contributed by atoms with Gasteiger partial charge in [-0.1, -0.05) is 270 Å². The van der Waals surface area contributed by atoms with Crippen LogP contribution in [0.4, 0.5) is 0 Å². The maximum Gasteiger partial charge on any atom is 0.306 e. The summed E-state index contributed by atoms with van der Waals surface area (Å²) in [5.74, 6) is -0.870. The van der Waals surface area contributed by atoms with Gasteiger partial charge >= 0.3 is 17.9 Å². The van der Waals surface area contributed by atoms with Crippen molar-refractivity contribution in [2.24, 2.45) is 0 Å². The molecular weight excluding hydrogens is 793 g/mol. The molecule has 0 fully saturated rings. The standard InChI is InChI=1S/C58H110O6/c1-4-7-10-13-16-18-20-22-23-24-25-26-27-28-29-30-31-32-33-34-35-37-38-40-42-45-48-51-57(60)63-54-55(53-62-56(59)50-47-44-15-12-9-6-3)64-58(61)52-49-46-43-41-39-36-21-19-17-14-11-8-5-2/h19,21,55H,4-18,20,22-54H2,1-3H3/b21-19-. The second-order valence-electron chi connectivity index (χ2n) is 19.6. The van der Waals surface area contributed by atoms with Gasteiger partial charge in [0, 0.05) is 19.3 Å². The summed E-state index contributed by atoms with van der Waals surface area (Å²) in [5, 5.41) is 0. The number of esters is 3. The lowest BCUT2D eigenvalue weighted by molar-refractivity contribution is -0.167. The number of ether oxygens (including phenoxy) is 3. The van der Waals surface area contributed by atoms with Crippen molar-refractivity contribution in [3.8, 4) is 0 Å². The van der Waals surface area contributed by atoms with Crippen LogP contribution < -0.4 is 0 Å². The third-order valence-corrected chi connectivity index (χ3v) is 13.0. The van der Waals surface area contributed by atoms with Crippen LogP contribution in [-0.2, 0) is 28.6 Å². The van der Waals surface area contributed by atoms with E-state index in [1.54, 1.807) is 0 Å². The fraction of sp³-hybridized carbons (Fsp3) is 0.914. The summed E-state index contributed by atoms with van der Waals surface area (Å²) >= 11 is 0. The summed E-state index contributed by atoms with van der Waals surface area (Å²) in [5.41, 5.74) is 0. The Morgan fingerprint density at radius 1 is 0.297 bits per heavy atom. The summed E-state index contributed by atoms with van der Waals surface area (Å²) < 4.78 is 16.7. The van der Waals surface area contributed by atoms with Crippen LogP contribution in [0.15, 0.2) is 12.2 Å². The van der Waals surface area contributed by atoms with Gasteiger partial charge in [0.15, 0.2) is 6.10 Å². The molecule has 0 heterocycles. The zero-order valence-electron chi connectivity index (χ0n) is 43.3. The molecule has 0 bridgehead atoms. The van der Waals surface area contributed by atoms with Gasteiger partial charge in [0.05, 0.1) is 0 Å². The van der Waals surface area contributed by atoms with E-state index < -0.39 is 6.10 Å². The first kappa shape index (κ1) is 62.1. The lowest BCUT2D eigenvalue weighted by atomic mass is 10.0. The van der Waals surface area contributed by atoms with Crippen LogP contribution in [0, 0.1) is 0 Å². The zero-order valence-corrected chi connectivity index (χ0v) is 43.3. The summed E-state index contributed by atoms with van der Waals surface area (Å²) in [6, 6.07) is 0. The Bertz CT molecular complexity index is 993. The highest BCUT2D eigenvalue weighted by molar-refractivity contribution is 5.71. The van der Waals surface area contributed by atoms with Gasteiger partial charge in [-0.25, -0.2) is 0 Å². The van der Waals surface area contributed by atoms with Crippen molar-refractivity contribution >= 4 is 17.9 Å². The van der Waals surface area contributed by atoms with Crippen LogP contribution >= 0.6 is 0 Å². The first-order chi connectivity index (χ1) is 31.5. The van der Waals surface area contributed by atoms with Crippen LogP contribution in [0.2, 0.25) is 0 Å². The van der Waals surface area contributed by atoms with Crippen molar-refractivity contribution in [1.29, 1.82) is 0 Å². The van der Waals surface area contributed by atoms with Crippen molar-refractivity contribution in [2.45, 2.75) is 329 Å². The summed E-state index contributed by atoms with van der Waals surface area (Å²) in [6.45, 7) is 6.60. The Balaban J connectivity index is 3.98. The largest absolute Gasteiger partial charge is 0.462 e. The molecule has 0 N–H and O–H groups in total. The van der Waals surface area contributed by atoms with Gasteiger partial charge in [-0.05, 0) is 44.9 Å². The molecule has 0 aliphatic carbocycles. The third-order valence-electron chi connectivity index (χ3n) is 13.0. The first-order valence-corrected chi connectivity index (χ1v) is 28.7. The minimum atomic E-state index is -0.766. The minimum absolute atomic E-state index is 0.0689. The maximum atomic E-state index is 12.7. The highest BCUT2D eigenvalue weighted by Gasteiger charge is 2.19. The van der Waals surface area contributed by atoms with Crippen LogP contribution in [0.3, 0.4) is 0 Å². The highest BCUT2D eigenvalue weighted by atomic mass is 16.6. The van der Waals surface area contributed by atoms with E-state index >= 15 is 0 Å². The summed E-state index contributed by atoms with van der Waals surface area (Å²) in [6.07, 6.45) is 61.1. The zero-order chi connectivity index (χ0) is 46.5. The van der Waals surface area contributed by atoms with Crippen molar-refractivity contribution in [2.75, 3.05) is 13.2 Å². The summed E-state index contributed by atoms with van der Waals surface area (Å²) in [7, 11) is 0. The lowest BCUT2D eigenvalue weighted by Crippen LogP contribution is -2.30. The third kappa shape index (κ3) is 51.1. The predicted molar refractivity (Wildman–Crippen MR) is 275 cm³/mol. The second-order valence-corrected chi connectivity index (χ2v) is 19.6. The van der Waals surface area contributed by atoms with Crippen LogP contribution in [0.1, 0.15) is 323 Å². The molecule has 0 aromatic heterocycles. The Hall–Kier alpha value is -1.85. The maximum absolute atomic E-state index is 12.7. The Morgan fingerprint density at radius 3 is 0.797 bits per heavy atom.